The van der Waals surface area contributed by atoms with Crippen molar-refractivity contribution >= 4 is 33.3 Å². The molecule has 18 heavy (non-hydrogen) atoms. The van der Waals surface area contributed by atoms with E-state index >= 15 is 0 Å². The predicted octanol–water partition coefficient (Wildman–Crippen LogP) is 2.99. The van der Waals surface area contributed by atoms with E-state index in [2.05, 4.69) is 26.2 Å². The van der Waals surface area contributed by atoms with E-state index in [-0.39, 0.29) is 5.91 Å². The van der Waals surface area contributed by atoms with Crippen LogP contribution in [0.5, 0.6) is 0 Å². The van der Waals surface area contributed by atoms with Gasteiger partial charge in [-0.15, -0.1) is 0 Å². The number of rotatable bonds is 2. The van der Waals surface area contributed by atoms with Crippen molar-refractivity contribution in [1.82, 2.24) is 4.98 Å². The minimum absolute atomic E-state index is 0.240. The zero-order valence-electron chi connectivity index (χ0n) is 9.77. The maximum atomic E-state index is 12.1. The first-order chi connectivity index (χ1) is 8.59. The molecule has 0 unspecified atom stereocenters. The number of carbonyl (C=O) groups excluding carboxylic acids is 1. The first-order valence-electron chi connectivity index (χ1n) is 5.36. The highest BCUT2D eigenvalue weighted by atomic mass is 79.9. The molecule has 2 aromatic rings. The largest absolute Gasteiger partial charge is 0.396 e. The smallest absolute Gasteiger partial charge is 0.258 e. The standard InChI is InChI=1S/C13H12BrN3O/c1-8-4-2-5-9(11(8)14)13(18)17-12-10(15)6-3-7-16-12/h2-7H,15H2,1H3,(H,16,17,18). The topological polar surface area (TPSA) is 68.0 Å². The van der Waals surface area contributed by atoms with Crippen molar-refractivity contribution in [3.63, 3.8) is 0 Å². The van der Waals surface area contributed by atoms with Gasteiger partial charge in [-0.05, 0) is 46.6 Å². The summed E-state index contributed by atoms with van der Waals surface area (Å²) in [5.41, 5.74) is 7.72. The third kappa shape index (κ3) is 2.51. The zero-order valence-corrected chi connectivity index (χ0v) is 11.4. The summed E-state index contributed by atoms with van der Waals surface area (Å²) in [6.07, 6.45) is 1.58. The van der Waals surface area contributed by atoms with Gasteiger partial charge in [0.1, 0.15) is 0 Å². The van der Waals surface area contributed by atoms with E-state index in [9.17, 15) is 4.79 Å². The van der Waals surface area contributed by atoms with Gasteiger partial charge in [-0.25, -0.2) is 4.98 Å². The lowest BCUT2D eigenvalue weighted by molar-refractivity contribution is 0.102. The highest BCUT2D eigenvalue weighted by Crippen LogP contribution is 2.22. The van der Waals surface area contributed by atoms with Crippen molar-refractivity contribution in [2.24, 2.45) is 0 Å². The Morgan fingerprint density at radius 3 is 2.83 bits per heavy atom. The number of nitrogens with one attached hydrogen (secondary N) is 1. The Balaban J connectivity index is 2.28. The second kappa shape index (κ2) is 5.18. The molecule has 1 amide bonds. The summed E-state index contributed by atoms with van der Waals surface area (Å²) >= 11 is 3.40. The first kappa shape index (κ1) is 12.6. The third-order valence-electron chi connectivity index (χ3n) is 2.51. The van der Waals surface area contributed by atoms with Crippen molar-refractivity contribution in [3.05, 3.63) is 52.1 Å². The number of carbonyl (C=O) groups is 1. The lowest BCUT2D eigenvalue weighted by Gasteiger charge is -2.09. The second-order valence-electron chi connectivity index (χ2n) is 3.83. The molecule has 1 heterocycles. The molecule has 0 radical (unpaired) electrons. The van der Waals surface area contributed by atoms with E-state index in [1.165, 1.54) is 0 Å². The van der Waals surface area contributed by atoms with E-state index < -0.39 is 0 Å². The summed E-state index contributed by atoms with van der Waals surface area (Å²) in [7, 11) is 0. The Bertz CT molecular complexity index is 599. The normalized spacial score (nSPS) is 10.1. The van der Waals surface area contributed by atoms with Gasteiger partial charge in [0.05, 0.1) is 11.3 Å². The average molecular weight is 306 g/mol. The van der Waals surface area contributed by atoms with Crippen LogP contribution in [-0.4, -0.2) is 10.9 Å². The molecule has 0 atom stereocenters. The van der Waals surface area contributed by atoms with Crippen molar-refractivity contribution in [2.75, 3.05) is 11.1 Å². The molecule has 0 aliphatic heterocycles. The van der Waals surface area contributed by atoms with Crippen LogP contribution < -0.4 is 11.1 Å². The molecule has 92 valence electrons. The highest BCUT2D eigenvalue weighted by molar-refractivity contribution is 9.10. The Kier molecular flexibility index (Phi) is 3.62. The monoisotopic (exact) mass is 305 g/mol. The van der Waals surface area contributed by atoms with E-state index in [4.69, 9.17) is 5.73 Å². The fraction of sp³-hybridized carbons (Fsp3) is 0.0769. The van der Waals surface area contributed by atoms with Crippen molar-refractivity contribution in [1.29, 1.82) is 0 Å². The molecule has 4 nitrogen and oxygen atoms in total. The quantitative estimate of drug-likeness (QED) is 0.896. The molecule has 0 aliphatic rings. The number of aromatic nitrogens is 1. The summed E-state index contributed by atoms with van der Waals surface area (Å²) in [6, 6.07) is 8.90. The van der Waals surface area contributed by atoms with Crippen molar-refractivity contribution in [3.8, 4) is 0 Å². The van der Waals surface area contributed by atoms with Gasteiger partial charge in [-0.1, -0.05) is 12.1 Å². The molecular formula is C13H12BrN3O. The Labute approximate surface area is 113 Å². The predicted molar refractivity (Wildman–Crippen MR) is 75.5 cm³/mol. The van der Waals surface area contributed by atoms with Crippen LogP contribution in [0, 0.1) is 6.92 Å². The summed E-state index contributed by atoms with van der Waals surface area (Å²) in [5, 5.41) is 2.69. The molecule has 2 rings (SSSR count). The third-order valence-corrected chi connectivity index (χ3v) is 3.56. The molecule has 0 spiro atoms. The van der Waals surface area contributed by atoms with Gasteiger partial charge >= 0.3 is 0 Å². The lowest BCUT2D eigenvalue weighted by Crippen LogP contribution is -2.15. The van der Waals surface area contributed by atoms with Crippen LogP contribution in [0.4, 0.5) is 11.5 Å². The van der Waals surface area contributed by atoms with E-state index in [1.807, 2.05) is 19.1 Å². The molecule has 3 N–H and O–H groups in total. The molecule has 1 aromatic heterocycles. The van der Waals surface area contributed by atoms with E-state index in [0.717, 1.165) is 10.0 Å². The number of halogens is 1. The highest BCUT2D eigenvalue weighted by Gasteiger charge is 2.12. The van der Waals surface area contributed by atoms with Crippen LogP contribution in [-0.2, 0) is 0 Å². The number of anilines is 2. The van der Waals surface area contributed by atoms with Gasteiger partial charge in [0.15, 0.2) is 5.82 Å². The number of benzene rings is 1. The first-order valence-corrected chi connectivity index (χ1v) is 6.16. The van der Waals surface area contributed by atoms with Gasteiger partial charge in [0.25, 0.3) is 5.91 Å². The average Bonchev–Trinajstić information content (AvgIpc) is 2.35. The Hall–Kier alpha value is -1.88. The Morgan fingerprint density at radius 1 is 1.33 bits per heavy atom. The van der Waals surface area contributed by atoms with Crippen LogP contribution in [0.15, 0.2) is 41.0 Å². The SMILES string of the molecule is Cc1cccc(C(=O)Nc2ncccc2N)c1Br. The lowest BCUT2D eigenvalue weighted by atomic mass is 10.1. The molecule has 0 bridgehead atoms. The number of pyridine rings is 1. The summed E-state index contributed by atoms with van der Waals surface area (Å²) in [4.78, 5) is 16.1. The number of nitrogens with zero attached hydrogens (tertiary/aromatic N) is 1. The van der Waals surface area contributed by atoms with Gasteiger partial charge in [-0.3, -0.25) is 4.79 Å². The number of hydrogen-bond donors (Lipinski definition) is 2. The van der Waals surface area contributed by atoms with Crippen molar-refractivity contribution < 1.29 is 4.79 Å². The number of amides is 1. The molecule has 0 aliphatic carbocycles. The molecule has 0 fully saturated rings. The fourth-order valence-corrected chi connectivity index (χ4v) is 1.96. The minimum atomic E-state index is -0.240. The minimum Gasteiger partial charge on any atom is -0.396 e. The Morgan fingerprint density at radius 2 is 2.11 bits per heavy atom. The summed E-state index contributed by atoms with van der Waals surface area (Å²) in [5.74, 6) is 0.131. The molecule has 5 heteroatoms. The van der Waals surface area contributed by atoms with Crippen LogP contribution in [0.3, 0.4) is 0 Å². The van der Waals surface area contributed by atoms with Gasteiger partial charge < -0.3 is 11.1 Å². The van der Waals surface area contributed by atoms with Crippen LogP contribution in [0.25, 0.3) is 0 Å². The number of nitrogens with two attached hydrogens (primary N) is 1. The zero-order chi connectivity index (χ0) is 13.1. The number of aryl methyl sites for hydroxylation is 1. The number of nitrogen functional groups attached to an aromatic ring is 1. The summed E-state index contributed by atoms with van der Waals surface area (Å²) < 4.78 is 0.775. The van der Waals surface area contributed by atoms with Gasteiger partial charge in [0.2, 0.25) is 0 Å². The maximum absolute atomic E-state index is 12.1. The van der Waals surface area contributed by atoms with E-state index in [1.54, 1.807) is 24.4 Å². The van der Waals surface area contributed by atoms with E-state index in [0.29, 0.717) is 17.1 Å². The molecule has 0 saturated carbocycles. The maximum Gasteiger partial charge on any atom is 0.258 e. The number of hydrogen-bond acceptors (Lipinski definition) is 3. The molecular weight excluding hydrogens is 294 g/mol. The van der Waals surface area contributed by atoms with Gasteiger partial charge in [-0.2, -0.15) is 0 Å². The van der Waals surface area contributed by atoms with Gasteiger partial charge in [0, 0.05) is 10.7 Å². The van der Waals surface area contributed by atoms with Crippen LogP contribution in [0.2, 0.25) is 0 Å². The summed E-state index contributed by atoms with van der Waals surface area (Å²) in [6.45, 7) is 1.93. The van der Waals surface area contributed by atoms with Crippen LogP contribution >= 0.6 is 15.9 Å². The van der Waals surface area contributed by atoms with Crippen LogP contribution in [0.1, 0.15) is 15.9 Å². The second-order valence-corrected chi connectivity index (χ2v) is 4.62. The molecule has 0 saturated heterocycles. The fourth-order valence-electron chi connectivity index (χ4n) is 1.52. The van der Waals surface area contributed by atoms with Crippen molar-refractivity contribution in [2.45, 2.75) is 6.92 Å². The molecule has 1 aromatic carbocycles.